The monoisotopic (exact) mass is 618 g/mol. The molecule has 2 aliphatic rings. The lowest BCUT2D eigenvalue weighted by atomic mass is 10.0. The Balaban J connectivity index is 1.01. The predicted octanol–water partition coefficient (Wildman–Crippen LogP) is 4.37. The van der Waals surface area contributed by atoms with Crippen LogP contribution < -0.4 is 10.9 Å². The van der Waals surface area contributed by atoms with E-state index in [1.807, 2.05) is 4.90 Å². The summed E-state index contributed by atoms with van der Waals surface area (Å²) >= 11 is 0. The minimum atomic E-state index is -0.840. The molecule has 1 amide bonds. The number of nitrogens with one attached hydrogen (secondary N) is 2. The zero-order chi connectivity index (χ0) is 31.6. The standard InChI is InChI=1S/C36H50N4O5/c1-2-3-17-40(18-16-37-22-33(42)30-10-12-32(41)36-31(30)11-13-34(43)38-36)35(44)15-20-45-19-14-26-6-4-7-27(21-26)23-39-24-28-8-5-9-29(28)25-39/h4,6-7,10-13,21,28-29,33,37,41-42H,2-3,5,8-9,14-20,22-25H2,1H3,(H,38,43)/t28-,29?,33?/m0/s1. The van der Waals surface area contributed by atoms with E-state index in [4.69, 9.17) is 4.74 Å². The van der Waals surface area contributed by atoms with Crippen molar-refractivity contribution < 1.29 is 19.7 Å². The Kier molecular flexibility index (Phi) is 12.0. The van der Waals surface area contributed by atoms with E-state index in [9.17, 15) is 19.8 Å². The molecule has 244 valence electrons. The summed E-state index contributed by atoms with van der Waals surface area (Å²) in [6, 6.07) is 15.0. The van der Waals surface area contributed by atoms with E-state index in [2.05, 4.69) is 46.4 Å². The minimum Gasteiger partial charge on any atom is -0.506 e. The topological polar surface area (TPSA) is 118 Å². The highest BCUT2D eigenvalue weighted by Crippen LogP contribution is 2.38. The van der Waals surface area contributed by atoms with Crippen LogP contribution in [0.2, 0.25) is 0 Å². The molecule has 9 heteroatoms. The number of hydrogen-bond donors (Lipinski definition) is 4. The fraction of sp³-hybridized carbons (Fsp3) is 0.556. The Hall–Kier alpha value is -3.24. The molecule has 45 heavy (non-hydrogen) atoms. The van der Waals surface area contributed by atoms with Crippen LogP contribution in [-0.4, -0.2) is 83.4 Å². The maximum atomic E-state index is 13.0. The van der Waals surface area contributed by atoms with Gasteiger partial charge in [-0.2, -0.15) is 0 Å². The molecule has 0 radical (unpaired) electrons. The van der Waals surface area contributed by atoms with E-state index in [-0.39, 0.29) is 23.8 Å². The van der Waals surface area contributed by atoms with Crippen molar-refractivity contribution in [1.82, 2.24) is 20.1 Å². The SMILES string of the molecule is CCCCN(CCNCC(O)c1ccc(O)c2[nH]c(=O)ccc12)C(=O)CCOCCc1cccc(CN2CC3CCC[C@H]3C2)c1. The average Bonchev–Trinajstić information content (AvgIpc) is 3.63. The number of likely N-dealkylation sites (tertiary alicyclic amines) is 1. The molecule has 2 heterocycles. The minimum absolute atomic E-state index is 0.0376. The van der Waals surface area contributed by atoms with E-state index in [0.717, 1.165) is 37.6 Å². The lowest BCUT2D eigenvalue weighted by Gasteiger charge is -2.23. The number of benzene rings is 2. The van der Waals surface area contributed by atoms with Gasteiger partial charge >= 0.3 is 0 Å². The first-order valence-electron chi connectivity index (χ1n) is 16.8. The quantitative estimate of drug-likeness (QED) is 0.166. The first-order chi connectivity index (χ1) is 21.9. The normalized spacial score (nSPS) is 18.8. The number of carbonyl (C=O) groups is 1. The number of hydrogen-bond acceptors (Lipinski definition) is 7. The van der Waals surface area contributed by atoms with Crippen LogP contribution in [0.25, 0.3) is 10.9 Å². The third-order valence-corrected chi connectivity index (χ3v) is 9.49. The van der Waals surface area contributed by atoms with Gasteiger partial charge < -0.3 is 30.2 Å². The van der Waals surface area contributed by atoms with Crippen LogP contribution in [0, 0.1) is 11.8 Å². The number of aromatic hydroxyl groups is 1. The van der Waals surface area contributed by atoms with E-state index < -0.39 is 6.10 Å². The Bertz CT molecular complexity index is 1450. The summed E-state index contributed by atoms with van der Waals surface area (Å²) in [5.41, 5.74) is 3.27. The van der Waals surface area contributed by atoms with Crippen LogP contribution in [-0.2, 0) is 22.5 Å². The molecule has 0 spiro atoms. The number of aliphatic hydroxyl groups excluding tert-OH is 1. The van der Waals surface area contributed by atoms with Gasteiger partial charge in [0.05, 0.1) is 31.3 Å². The Labute approximate surface area is 266 Å². The molecule has 4 N–H and O–H groups in total. The largest absolute Gasteiger partial charge is 0.506 e. The zero-order valence-electron chi connectivity index (χ0n) is 26.7. The number of pyridine rings is 1. The number of amides is 1. The number of H-pyrrole nitrogens is 1. The molecule has 1 saturated heterocycles. The number of fused-ring (bicyclic) bond motifs is 2. The maximum absolute atomic E-state index is 13.0. The second kappa shape index (κ2) is 16.4. The van der Waals surface area contributed by atoms with E-state index >= 15 is 0 Å². The Morgan fingerprint density at radius 1 is 1.09 bits per heavy atom. The van der Waals surface area contributed by atoms with Crippen molar-refractivity contribution in [2.24, 2.45) is 11.8 Å². The van der Waals surface area contributed by atoms with Crippen LogP contribution in [0.3, 0.4) is 0 Å². The molecular formula is C36H50N4O5. The molecule has 1 aliphatic heterocycles. The van der Waals surface area contributed by atoms with Gasteiger partial charge in [0.1, 0.15) is 5.75 Å². The first kappa shape index (κ1) is 33.1. The molecule has 3 aromatic rings. The van der Waals surface area contributed by atoms with Crippen molar-refractivity contribution in [2.75, 3.05) is 52.5 Å². The lowest BCUT2D eigenvalue weighted by Crippen LogP contribution is -2.38. The number of phenols is 1. The molecule has 1 saturated carbocycles. The summed E-state index contributed by atoms with van der Waals surface area (Å²) in [6.07, 6.45) is 6.51. The summed E-state index contributed by atoms with van der Waals surface area (Å²) in [4.78, 5) is 31.8. The number of aliphatic hydroxyl groups is 1. The van der Waals surface area contributed by atoms with Crippen LogP contribution in [0.15, 0.2) is 53.3 Å². The molecular weight excluding hydrogens is 568 g/mol. The number of phenolic OH excluding ortho intramolecular Hbond substituents is 1. The molecule has 2 unspecified atom stereocenters. The molecule has 2 aromatic carbocycles. The molecule has 0 bridgehead atoms. The summed E-state index contributed by atoms with van der Waals surface area (Å²) < 4.78 is 5.90. The number of nitrogens with zero attached hydrogens (tertiary/aromatic N) is 2. The number of rotatable bonds is 17. The third-order valence-electron chi connectivity index (χ3n) is 9.49. The van der Waals surface area contributed by atoms with Gasteiger partial charge in [-0.15, -0.1) is 0 Å². The predicted molar refractivity (Wildman–Crippen MR) is 177 cm³/mol. The van der Waals surface area contributed by atoms with Crippen molar-refractivity contribution in [3.8, 4) is 5.75 Å². The van der Waals surface area contributed by atoms with Gasteiger partial charge in [-0.1, -0.05) is 50.1 Å². The van der Waals surface area contributed by atoms with Crippen molar-refractivity contribution in [3.63, 3.8) is 0 Å². The molecule has 5 rings (SSSR count). The third kappa shape index (κ3) is 9.16. The Morgan fingerprint density at radius 3 is 2.69 bits per heavy atom. The Morgan fingerprint density at radius 2 is 1.89 bits per heavy atom. The lowest BCUT2D eigenvalue weighted by molar-refractivity contribution is -0.132. The fourth-order valence-corrected chi connectivity index (χ4v) is 7.04. The molecule has 2 fully saturated rings. The number of aromatic amines is 1. The van der Waals surface area contributed by atoms with E-state index in [0.29, 0.717) is 55.7 Å². The number of carbonyl (C=O) groups excluding carboxylic acids is 1. The summed E-state index contributed by atoms with van der Waals surface area (Å²) in [5.74, 6) is 1.87. The fourth-order valence-electron chi connectivity index (χ4n) is 7.04. The molecule has 9 nitrogen and oxygen atoms in total. The maximum Gasteiger partial charge on any atom is 0.248 e. The van der Waals surface area contributed by atoms with Gasteiger partial charge in [0, 0.05) is 57.3 Å². The number of unbranched alkanes of at least 4 members (excludes halogenated alkanes) is 1. The second-order valence-corrected chi connectivity index (χ2v) is 12.8. The number of aromatic nitrogens is 1. The zero-order valence-corrected chi connectivity index (χ0v) is 26.7. The molecule has 1 aliphatic carbocycles. The van der Waals surface area contributed by atoms with Gasteiger partial charge in [-0.3, -0.25) is 14.5 Å². The molecule has 3 atom stereocenters. The van der Waals surface area contributed by atoms with Gasteiger partial charge in [-0.05, 0) is 66.3 Å². The highest BCUT2D eigenvalue weighted by molar-refractivity contribution is 5.87. The van der Waals surface area contributed by atoms with Gasteiger partial charge in [0.2, 0.25) is 11.5 Å². The highest BCUT2D eigenvalue weighted by Gasteiger charge is 2.35. The van der Waals surface area contributed by atoms with Crippen molar-refractivity contribution in [3.05, 3.63) is 75.6 Å². The van der Waals surface area contributed by atoms with Crippen molar-refractivity contribution in [2.45, 2.75) is 64.5 Å². The van der Waals surface area contributed by atoms with Gasteiger partial charge in [-0.25, -0.2) is 0 Å². The smallest absolute Gasteiger partial charge is 0.248 e. The highest BCUT2D eigenvalue weighted by atomic mass is 16.5. The van der Waals surface area contributed by atoms with Crippen LogP contribution in [0.4, 0.5) is 0 Å². The second-order valence-electron chi connectivity index (χ2n) is 12.8. The van der Waals surface area contributed by atoms with Crippen molar-refractivity contribution >= 4 is 16.8 Å². The summed E-state index contributed by atoms with van der Waals surface area (Å²) in [5, 5.41) is 24.8. The van der Waals surface area contributed by atoms with E-state index in [1.54, 1.807) is 12.1 Å². The molecule has 1 aromatic heterocycles. The average molecular weight is 619 g/mol. The van der Waals surface area contributed by atoms with Gasteiger partial charge in [0.15, 0.2) is 0 Å². The van der Waals surface area contributed by atoms with Crippen molar-refractivity contribution in [1.29, 1.82) is 0 Å². The van der Waals surface area contributed by atoms with Crippen LogP contribution in [0.5, 0.6) is 5.75 Å². The van der Waals surface area contributed by atoms with Crippen LogP contribution in [0.1, 0.15) is 68.2 Å². The van der Waals surface area contributed by atoms with Crippen LogP contribution >= 0.6 is 0 Å². The summed E-state index contributed by atoms with van der Waals surface area (Å²) in [7, 11) is 0. The number of ether oxygens (including phenoxy) is 1. The van der Waals surface area contributed by atoms with E-state index in [1.165, 1.54) is 55.6 Å². The van der Waals surface area contributed by atoms with Gasteiger partial charge in [0.25, 0.3) is 0 Å². The summed E-state index contributed by atoms with van der Waals surface area (Å²) in [6.45, 7) is 8.70. The first-order valence-corrected chi connectivity index (χ1v) is 16.8.